The molecule has 1 fully saturated rings. The van der Waals surface area contributed by atoms with Crippen LogP contribution in [-0.2, 0) is 21.2 Å². The van der Waals surface area contributed by atoms with Crippen molar-refractivity contribution < 1.29 is 17.9 Å². The standard InChI is InChI=1S/C26H29N5O4S/c1-18-16-21-17-23(8-10-25(21)31(18)19(2)32)36(33,34)30-14-12-29(13-15-30)26-11-9-24(27-28-26)20-4-6-22(35-3)7-5-20/h4-11,17-18H,12-16H2,1-3H3. The molecule has 0 radical (unpaired) electrons. The number of sulfonamides is 1. The molecule has 10 heteroatoms. The summed E-state index contributed by atoms with van der Waals surface area (Å²) in [7, 11) is -2.01. The molecule has 9 nitrogen and oxygen atoms in total. The van der Waals surface area contributed by atoms with Crippen LogP contribution in [0.2, 0.25) is 0 Å². The largest absolute Gasteiger partial charge is 0.497 e. The summed E-state index contributed by atoms with van der Waals surface area (Å²) in [5.41, 5.74) is 3.40. The van der Waals surface area contributed by atoms with Gasteiger partial charge in [0, 0.05) is 50.4 Å². The minimum Gasteiger partial charge on any atom is -0.497 e. The van der Waals surface area contributed by atoms with Crippen molar-refractivity contribution in [2.75, 3.05) is 43.1 Å². The highest BCUT2D eigenvalue weighted by atomic mass is 32.2. The first-order chi connectivity index (χ1) is 17.3. The lowest BCUT2D eigenvalue weighted by molar-refractivity contribution is -0.116. The summed E-state index contributed by atoms with van der Waals surface area (Å²) in [4.78, 5) is 16.0. The summed E-state index contributed by atoms with van der Waals surface area (Å²) in [6.07, 6.45) is 0.650. The zero-order valence-electron chi connectivity index (χ0n) is 20.6. The van der Waals surface area contributed by atoms with Gasteiger partial charge < -0.3 is 14.5 Å². The van der Waals surface area contributed by atoms with Crippen LogP contribution < -0.4 is 14.5 Å². The van der Waals surface area contributed by atoms with Crippen LogP contribution in [-0.4, -0.2) is 68.2 Å². The second kappa shape index (κ2) is 9.51. The molecule has 0 saturated carbocycles. The molecule has 2 aromatic carbocycles. The van der Waals surface area contributed by atoms with E-state index >= 15 is 0 Å². The van der Waals surface area contributed by atoms with Gasteiger partial charge >= 0.3 is 0 Å². The summed E-state index contributed by atoms with van der Waals surface area (Å²) in [5, 5.41) is 8.74. The summed E-state index contributed by atoms with van der Waals surface area (Å²) in [6, 6.07) is 16.6. The van der Waals surface area contributed by atoms with E-state index in [0.29, 0.717) is 32.6 Å². The fourth-order valence-electron chi connectivity index (χ4n) is 4.96. The van der Waals surface area contributed by atoms with Crippen molar-refractivity contribution in [3.05, 3.63) is 60.2 Å². The number of amides is 1. The maximum atomic E-state index is 13.4. The minimum atomic E-state index is -3.64. The van der Waals surface area contributed by atoms with Crippen molar-refractivity contribution in [3.63, 3.8) is 0 Å². The van der Waals surface area contributed by atoms with E-state index in [9.17, 15) is 13.2 Å². The number of methoxy groups -OCH3 is 1. The quantitative estimate of drug-likeness (QED) is 0.524. The number of benzene rings is 2. The Kier molecular flexibility index (Phi) is 6.40. The van der Waals surface area contributed by atoms with E-state index in [-0.39, 0.29) is 16.8 Å². The lowest BCUT2D eigenvalue weighted by atomic mass is 10.1. The molecule has 3 aromatic rings. The Hall–Kier alpha value is -3.50. The van der Waals surface area contributed by atoms with Crippen LogP contribution in [0, 0.1) is 0 Å². The number of aromatic nitrogens is 2. The van der Waals surface area contributed by atoms with E-state index in [4.69, 9.17) is 4.74 Å². The molecule has 1 aromatic heterocycles. The first-order valence-electron chi connectivity index (χ1n) is 11.9. The maximum Gasteiger partial charge on any atom is 0.243 e. The molecule has 3 heterocycles. The van der Waals surface area contributed by atoms with E-state index in [1.807, 2.05) is 48.2 Å². The molecule has 0 aliphatic carbocycles. The lowest BCUT2D eigenvalue weighted by Gasteiger charge is -2.34. The van der Waals surface area contributed by atoms with Gasteiger partial charge in [-0.2, -0.15) is 4.31 Å². The number of hydrogen-bond acceptors (Lipinski definition) is 7. The Morgan fingerprint density at radius 3 is 2.31 bits per heavy atom. The Morgan fingerprint density at radius 1 is 0.972 bits per heavy atom. The molecule has 1 saturated heterocycles. The summed E-state index contributed by atoms with van der Waals surface area (Å²) < 4.78 is 33.4. The van der Waals surface area contributed by atoms with Crippen molar-refractivity contribution in [2.45, 2.75) is 31.2 Å². The molecule has 0 spiro atoms. The van der Waals surface area contributed by atoms with Crippen molar-refractivity contribution in [2.24, 2.45) is 0 Å². The second-order valence-corrected chi connectivity index (χ2v) is 11.1. The van der Waals surface area contributed by atoms with Gasteiger partial charge in [-0.25, -0.2) is 8.42 Å². The number of carbonyl (C=O) groups is 1. The molecule has 0 bridgehead atoms. The number of anilines is 2. The van der Waals surface area contributed by atoms with Gasteiger partial charge in [-0.15, -0.1) is 10.2 Å². The molecule has 1 atom stereocenters. The van der Waals surface area contributed by atoms with E-state index in [0.717, 1.165) is 34.1 Å². The molecular formula is C26H29N5O4S. The average molecular weight is 508 g/mol. The zero-order chi connectivity index (χ0) is 25.4. The van der Waals surface area contributed by atoms with Gasteiger partial charge in [0.15, 0.2) is 5.82 Å². The van der Waals surface area contributed by atoms with Crippen LogP contribution in [0.15, 0.2) is 59.5 Å². The molecule has 0 N–H and O–H groups in total. The van der Waals surface area contributed by atoms with Crippen molar-refractivity contribution in [1.82, 2.24) is 14.5 Å². The Bertz CT molecular complexity index is 1370. The number of fused-ring (bicyclic) bond motifs is 1. The zero-order valence-corrected chi connectivity index (χ0v) is 21.4. The Balaban J connectivity index is 1.26. The SMILES string of the molecule is COc1ccc(-c2ccc(N3CCN(S(=O)(=O)c4ccc5c(c4)CC(C)N5C(C)=O)CC3)nn2)cc1. The Labute approximate surface area is 211 Å². The number of carbonyl (C=O) groups excluding carboxylic acids is 1. The van der Waals surface area contributed by atoms with Gasteiger partial charge in [0.05, 0.1) is 17.7 Å². The molecule has 36 heavy (non-hydrogen) atoms. The van der Waals surface area contributed by atoms with Crippen LogP contribution >= 0.6 is 0 Å². The highest BCUT2D eigenvalue weighted by Crippen LogP contribution is 2.34. The van der Waals surface area contributed by atoms with Crippen LogP contribution in [0.3, 0.4) is 0 Å². The summed E-state index contributed by atoms with van der Waals surface area (Å²) in [6.45, 7) is 5.27. The molecule has 5 rings (SSSR count). The number of nitrogens with zero attached hydrogens (tertiary/aromatic N) is 5. The van der Waals surface area contributed by atoms with E-state index in [2.05, 4.69) is 10.2 Å². The molecule has 1 amide bonds. The third kappa shape index (κ3) is 4.42. The highest BCUT2D eigenvalue weighted by Gasteiger charge is 2.33. The number of piperazine rings is 1. The van der Waals surface area contributed by atoms with Gasteiger partial charge in [0.2, 0.25) is 15.9 Å². The van der Waals surface area contributed by atoms with Crippen LogP contribution in [0.25, 0.3) is 11.3 Å². The van der Waals surface area contributed by atoms with Gasteiger partial charge in [-0.1, -0.05) is 0 Å². The molecule has 2 aliphatic heterocycles. The number of hydrogen-bond donors (Lipinski definition) is 0. The van der Waals surface area contributed by atoms with Crippen LogP contribution in [0.5, 0.6) is 5.75 Å². The monoisotopic (exact) mass is 507 g/mol. The third-order valence-corrected chi connectivity index (χ3v) is 8.74. The first kappa shape index (κ1) is 24.2. The first-order valence-corrected chi connectivity index (χ1v) is 13.4. The predicted octanol–water partition coefficient (Wildman–Crippen LogP) is 2.96. The smallest absolute Gasteiger partial charge is 0.243 e. The van der Waals surface area contributed by atoms with Gasteiger partial charge in [-0.3, -0.25) is 4.79 Å². The minimum absolute atomic E-state index is 0.0243. The summed E-state index contributed by atoms with van der Waals surface area (Å²) in [5.74, 6) is 1.47. The normalized spacial score (nSPS) is 18.2. The maximum absolute atomic E-state index is 13.4. The predicted molar refractivity (Wildman–Crippen MR) is 138 cm³/mol. The van der Waals surface area contributed by atoms with Crippen molar-refractivity contribution in [3.8, 4) is 17.0 Å². The lowest BCUT2D eigenvalue weighted by Crippen LogP contribution is -2.49. The van der Waals surface area contributed by atoms with Crippen molar-refractivity contribution in [1.29, 1.82) is 0 Å². The van der Waals surface area contributed by atoms with E-state index in [1.54, 1.807) is 30.2 Å². The van der Waals surface area contributed by atoms with Gasteiger partial charge in [0.25, 0.3) is 0 Å². The Morgan fingerprint density at radius 2 is 1.69 bits per heavy atom. The topological polar surface area (TPSA) is 95.9 Å². The van der Waals surface area contributed by atoms with E-state index < -0.39 is 10.0 Å². The van der Waals surface area contributed by atoms with Gasteiger partial charge in [0.1, 0.15) is 5.75 Å². The van der Waals surface area contributed by atoms with Gasteiger partial charge in [-0.05, 0) is 73.5 Å². The molecule has 1 unspecified atom stereocenters. The molecular weight excluding hydrogens is 478 g/mol. The summed E-state index contributed by atoms with van der Waals surface area (Å²) >= 11 is 0. The van der Waals surface area contributed by atoms with Crippen LogP contribution in [0.4, 0.5) is 11.5 Å². The van der Waals surface area contributed by atoms with Crippen molar-refractivity contribution >= 4 is 27.4 Å². The van der Waals surface area contributed by atoms with E-state index in [1.165, 1.54) is 11.2 Å². The fourth-order valence-corrected chi connectivity index (χ4v) is 6.44. The molecule has 188 valence electrons. The third-order valence-electron chi connectivity index (χ3n) is 6.84. The molecule has 2 aliphatic rings. The number of rotatable bonds is 5. The number of ether oxygens (including phenoxy) is 1. The highest BCUT2D eigenvalue weighted by molar-refractivity contribution is 7.89. The fraction of sp³-hybridized carbons (Fsp3) is 0.346. The second-order valence-electron chi connectivity index (χ2n) is 9.13. The average Bonchev–Trinajstić information content (AvgIpc) is 3.24. The van der Waals surface area contributed by atoms with Crippen LogP contribution in [0.1, 0.15) is 19.4 Å².